The Morgan fingerprint density at radius 2 is 1.63 bits per heavy atom. The normalized spacial score (nSPS) is 17.8. The van der Waals surface area contributed by atoms with Gasteiger partial charge in [0.05, 0.1) is 24.0 Å². The average molecular weight is 582 g/mol. The van der Waals surface area contributed by atoms with Crippen LogP contribution < -0.4 is 10.5 Å². The van der Waals surface area contributed by atoms with Crippen LogP contribution in [-0.4, -0.2) is 57.7 Å². The quantitative estimate of drug-likeness (QED) is 0.340. The second-order valence-electron chi connectivity index (χ2n) is 9.40. The molecule has 4 heterocycles. The number of esters is 1. The monoisotopic (exact) mass is 581 g/mol. The van der Waals surface area contributed by atoms with Crippen molar-refractivity contribution in [2.45, 2.75) is 12.1 Å². The van der Waals surface area contributed by atoms with E-state index in [1.807, 2.05) is 4.90 Å². The molecule has 0 radical (unpaired) electrons. The fourth-order valence-corrected chi connectivity index (χ4v) is 5.69. The van der Waals surface area contributed by atoms with Crippen molar-refractivity contribution < 1.29 is 18.3 Å². The van der Waals surface area contributed by atoms with E-state index in [9.17, 15) is 18.4 Å². The maximum absolute atomic E-state index is 13.7. The highest BCUT2D eigenvalue weighted by Gasteiger charge is 2.40. The van der Waals surface area contributed by atoms with Crippen LogP contribution in [0.2, 0.25) is 0 Å². The minimum atomic E-state index is -0.696. The van der Waals surface area contributed by atoms with Crippen LogP contribution in [0, 0.1) is 11.6 Å². The van der Waals surface area contributed by atoms with E-state index in [1.54, 1.807) is 31.3 Å². The van der Waals surface area contributed by atoms with Gasteiger partial charge in [0.15, 0.2) is 11.2 Å². The second kappa shape index (κ2) is 9.55. The molecule has 2 aliphatic rings. The molecule has 194 valence electrons. The van der Waals surface area contributed by atoms with Gasteiger partial charge in [0.25, 0.3) is 5.56 Å². The molecule has 1 atom stereocenters. The fraction of sp³-hybridized carbons (Fsp3) is 0.259. The number of ether oxygens (including phenoxy) is 1. The smallest absolute Gasteiger partial charge is 0.346 e. The van der Waals surface area contributed by atoms with Crippen LogP contribution in [-0.2, 0) is 11.8 Å². The molecule has 8 nitrogen and oxygen atoms in total. The van der Waals surface area contributed by atoms with E-state index in [2.05, 4.69) is 30.8 Å². The molecule has 0 amide bonds. The number of aromatic nitrogens is 3. The van der Waals surface area contributed by atoms with Gasteiger partial charge < -0.3 is 9.64 Å². The second-order valence-corrected chi connectivity index (χ2v) is 10.2. The molecule has 0 bridgehead atoms. The van der Waals surface area contributed by atoms with Gasteiger partial charge in [0.1, 0.15) is 28.4 Å². The summed E-state index contributed by atoms with van der Waals surface area (Å²) in [5.74, 6) is -1.38. The van der Waals surface area contributed by atoms with Crippen LogP contribution in [0.4, 0.5) is 14.5 Å². The molecule has 0 aliphatic carbocycles. The number of aryl methyl sites for hydroxylation is 1. The molecule has 0 saturated carbocycles. The van der Waals surface area contributed by atoms with Crippen molar-refractivity contribution in [3.8, 4) is 0 Å². The minimum absolute atomic E-state index is 0.0584. The Bertz CT molecular complexity index is 1570. The van der Waals surface area contributed by atoms with Crippen molar-refractivity contribution in [2.75, 3.05) is 31.1 Å². The Morgan fingerprint density at radius 1 is 1.00 bits per heavy atom. The highest BCUT2D eigenvalue weighted by atomic mass is 79.9. The third-order valence-corrected chi connectivity index (χ3v) is 7.55. The van der Waals surface area contributed by atoms with Crippen LogP contribution in [0.15, 0.2) is 64.1 Å². The maximum Gasteiger partial charge on any atom is 0.346 e. The number of hydrogen-bond donors (Lipinski definition) is 0. The van der Waals surface area contributed by atoms with Crippen molar-refractivity contribution in [1.82, 2.24) is 19.4 Å². The number of benzene rings is 2. The van der Waals surface area contributed by atoms with Gasteiger partial charge in [0.2, 0.25) is 0 Å². The Labute approximate surface area is 224 Å². The van der Waals surface area contributed by atoms with E-state index in [0.717, 1.165) is 11.1 Å². The predicted molar refractivity (Wildman–Crippen MR) is 140 cm³/mol. The third kappa shape index (κ3) is 4.15. The van der Waals surface area contributed by atoms with Gasteiger partial charge in [-0.1, -0.05) is 24.3 Å². The lowest BCUT2D eigenvalue weighted by Crippen LogP contribution is -2.55. The summed E-state index contributed by atoms with van der Waals surface area (Å²) in [5.41, 5.74) is 2.37. The van der Waals surface area contributed by atoms with E-state index in [4.69, 9.17) is 4.74 Å². The van der Waals surface area contributed by atoms with E-state index < -0.39 is 11.5 Å². The maximum atomic E-state index is 13.7. The standard InChI is InChI=1S/C27H22BrF2N5O3/c1-33-25-22(32-20(28)12-31-25)24-21(26(33)36)27(37)38-14-19-13-34(10-11-35(19)24)23(15-2-6-17(29)7-3-15)16-4-8-18(30)9-5-16/h2-9,12,19,23H,10-11,13-14H2,1H3/t19-/m1/s1. The molecule has 2 aromatic carbocycles. The molecular formula is C27H22BrF2N5O3. The summed E-state index contributed by atoms with van der Waals surface area (Å²) in [5, 5.41) is 0. The number of carbonyl (C=O) groups excluding carboxylic acids is 1. The van der Waals surface area contributed by atoms with Gasteiger partial charge in [-0.15, -0.1) is 0 Å². The zero-order chi connectivity index (χ0) is 26.6. The van der Waals surface area contributed by atoms with Gasteiger partial charge in [-0.05, 0) is 51.3 Å². The van der Waals surface area contributed by atoms with Crippen LogP contribution in [0.25, 0.3) is 11.2 Å². The van der Waals surface area contributed by atoms with Gasteiger partial charge in [-0.2, -0.15) is 0 Å². The molecule has 0 N–H and O–H groups in total. The van der Waals surface area contributed by atoms with Crippen molar-refractivity contribution >= 4 is 38.8 Å². The van der Waals surface area contributed by atoms with Crippen LogP contribution >= 0.6 is 15.9 Å². The van der Waals surface area contributed by atoms with Gasteiger partial charge in [-0.25, -0.2) is 23.5 Å². The van der Waals surface area contributed by atoms with Crippen molar-refractivity contribution in [3.63, 3.8) is 0 Å². The van der Waals surface area contributed by atoms with Crippen LogP contribution in [0.5, 0.6) is 0 Å². The number of nitrogens with zero attached hydrogens (tertiary/aromatic N) is 5. The Balaban J connectivity index is 1.44. The SMILES string of the molecule is Cn1c(=O)c2c(c3nc(Br)cnc31)N1CCN(C(c3ccc(F)cc3)c3ccc(F)cc3)C[C@@H]1COC2=O. The Kier molecular flexibility index (Phi) is 6.19. The van der Waals surface area contributed by atoms with E-state index in [-0.39, 0.29) is 35.9 Å². The highest BCUT2D eigenvalue weighted by molar-refractivity contribution is 9.10. The molecule has 1 saturated heterocycles. The van der Waals surface area contributed by atoms with Gasteiger partial charge >= 0.3 is 5.97 Å². The van der Waals surface area contributed by atoms with E-state index in [0.29, 0.717) is 41.1 Å². The number of fused-ring (bicyclic) bond motifs is 5. The summed E-state index contributed by atoms with van der Waals surface area (Å²) in [7, 11) is 1.55. The number of halogens is 3. The lowest BCUT2D eigenvalue weighted by atomic mass is 9.95. The van der Waals surface area contributed by atoms with Crippen molar-refractivity contribution in [2.24, 2.45) is 7.05 Å². The number of carbonyl (C=O) groups is 1. The zero-order valence-electron chi connectivity index (χ0n) is 20.3. The number of piperazine rings is 1. The van der Waals surface area contributed by atoms with Crippen molar-refractivity contribution in [3.05, 3.63) is 98.0 Å². The van der Waals surface area contributed by atoms with Crippen LogP contribution in [0.1, 0.15) is 27.5 Å². The molecule has 1 fully saturated rings. The third-order valence-electron chi connectivity index (χ3n) is 7.17. The predicted octanol–water partition coefficient (Wildman–Crippen LogP) is 3.82. The zero-order valence-corrected chi connectivity index (χ0v) is 21.9. The van der Waals surface area contributed by atoms with Gasteiger partial charge in [0, 0.05) is 26.7 Å². The topological polar surface area (TPSA) is 80.6 Å². The molecular weight excluding hydrogens is 560 g/mol. The number of cyclic esters (lactones) is 1. The Morgan fingerprint density at radius 3 is 2.26 bits per heavy atom. The summed E-state index contributed by atoms with van der Waals surface area (Å²) < 4.78 is 34.9. The lowest BCUT2D eigenvalue weighted by Gasteiger charge is -2.45. The molecule has 6 rings (SSSR count). The first-order valence-corrected chi connectivity index (χ1v) is 12.8. The fourth-order valence-electron chi connectivity index (χ4n) is 5.41. The molecule has 11 heteroatoms. The number of rotatable bonds is 3. The number of hydrogen-bond acceptors (Lipinski definition) is 7. The summed E-state index contributed by atoms with van der Waals surface area (Å²) >= 11 is 3.36. The molecule has 0 unspecified atom stereocenters. The van der Waals surface area contributed by atoms with Gasteiger partial charge in [-0.3, -0.25) is 14.3 Å². The average Bonchev–Trinajstić information content (AvgIpc) is 3.06. The first kappa shape index (κ1) is 24.6. The molecule has 0 spiro atoms. The summed E-state index contributed by atoms with van der Waals surface area (Å²) in [4.78, 5) is 39.5. The molecule has 2 aliphatic heterocycles. The molecule has 38 heavy (non-hydrogen) atoms. The minimum Gasteiger partial charge on any atom is -0.460 e. The molecule has 4 aromatic rings. The lowest BCUT2D eigenvalue weighted by molar-refractivity contribution is 0.0451. The van der Waals surface area contributed by atoms with E-state index >= 15 is 0 Å². The van der Waals surface area contributed by atoms with Crippen molar-refractivity contribution in [1.29, 1.82) is 0 Å². The number of anilines is 1. The summed E-state index contributed by atoms with van der Waals surface area (Å²) in [6.45, 7) is 1.53. The summed E-state index contributed by atoms with van der Waals surface area (Å²) in [6, 6.07) is 11.9. The Hall–Kier alpha value is -3.70. The summed E-state index contributed by atoms with van der Waals surface area (Å²) in [6.07, 6.45) is 1.51. The first-order valence-electron chi connectivity index (χ1n) is 12.1. The van der Waals surface area contributed by atoms with E-state index in [1.165, 1.54) is 35.0 Å². The van der Waals surface area contributed by atoms with Crippen LogP contribution in [0.3, 0.4) is 0 Å². The molecule has 2 aromatic heterocycles. The highest BCUT2D eigenvalue weighted by Crippen LogP contribution is 2.36. The largest absolute Gasteiger partial charge is 0.460 e. The first-order chi connectivity index (χ1) is 18.3. The number of pyridine rings is 1.